The van der Waals surface area contributed by atoms with Crippen LogP contribution in [-0.2, 0) is 6.54 Å². The van der Waals surface area contributed by atoms with Gasteiger partial charge in [0, 0.05) is 18.8 Å². The Morgan fingerprint density at radius 2 is 2.33 bits per heavy atom. The number of hydrogen-bond donors (Lipinski definition) is 2. The molecule has 1 aliphatic rings. The number of guanidine groups is 1. The van der Waals surface area contributed by atoms with Gasteiger partial charge < -0.3 is 15.8 Å². The van der Waals surface area contributed by atoms with Crippen molar-refractivity contribution >= 4 is 5.96 Å². The molecule has 0 radical (unpaired) electrons. The summed E-state index contributed by atoms with van der Waals surface area (Å²) >= 11 is 0. The number of nitrogens with one attached hydrogen (secondary N) is 1. The summed E-state index contributed by atoms with van der Waals surface area (Å²) in [6, 6.07) is 3.88. The molecule has 2 rings (SSSR count). The van der Waals surface area contributed by atoms with E-state index in [0.717, 1.165) is 31.1 Å². The van der Waals surface area contributed by atoms with Gasteiger partial charge in [-0.2, -0.15) is 0 Å². The largest absolute Gasteiger partial charge is 0.477 e. The molecule has 0 aromatic carbocycles. The molecule has 5 nitrogen and oxygen atoms in total. The van der Waals surface area contributed by atoms with Crippen LogP contribution in [0.25, 0.3) is 0 Å². The predicted molar refractivity (Wildman–Crippen MR) is 85.2 cm³/mol. The second-order valence-corrected chi connectivity index (χ2v) is 6.07. The Labute approximate surface area is 127 Å². The summed E-state index contributed by atoms with van der Waals surface area (Å²) in [5.74, 6) is 2.57. The summed E-state index contributed by atoms with van der Waals surface area (Å²) in [4.78, 5) is 8.56. The summed E-state index contributed by atoms with van der Waals surface area (Å²) < 4.78 is 5.66. The highest BCUT2D eigenvalue weighted by molar-refractivity contribution is 5.77. The van der Waals surface area contributed by atoms with Crippen molar-refractivity contribution in [3.63, 3.8) is 0 Å². The summed E-state index contributed by atoms with van der Waals surface area (Å²) in [5.41, 5.74) is 6.90. The minimum Gasteiger partial charge on any atom is -0.477 e. The zero-order chi connectivity index (χ0) is 15.1. The van der Waals surface area contributed by atoms with Crippen LogP contribution in [0.4, 0.5) is 0 Å². The molecule has 5 heteroatoms. The van der Waals surface area contributed by atoms with Crippen molar-refractivity contribution in [2.45, 2.75) is 39.7 Å². The first-order valence-corrected chi connectivity index (χ1v) is 7.75. The molecule has 116 valence electrons. The van der Waals surface area contributed by atoms with Gasteiger partial charge in [0.05, 0.1) is 13.2 Å². The van der Waals surface area contributed by atoms with Crippen molar-refractivity contribution in [3.8, 4) is 5.88 Å². The number of pyridine rings is 1. The van der Waals surface area contributed by atoms with Gasteiger partial charge in [-0.1, -0.05) is 13.8 Å². The van der Waals surface area contributed by atoms with Crippen molar-refractivity contribution in [1.29, 1.82) is 0 Å². The molecular weight excluding hydrogens is 264 g/mol. The van der Waals surface area contributed by atoms with Crippen LogP contribution in [0.3, 0.4) is 0 Å². The molecule has 0 atom stereocenters. The zero-order valence-electron chi connectivity index (χ0n) is 13.0. The predicted octanol–water partition coefficient (Wildman–Crippen LogP) is 2.32. The second kappa shape index (κ2) is 7.86. The van der Waals surface area contributed by atoms with Crippen molar-refractivity contribution in [2.75, 3.05) is 13.2 Å². The van der Waals surface area contributed by atoms with Crippen molar-refractivity contribution < 1.29 is 4.74 Å². The van der Waals surface area contributed by atoms with E-state index in [9.17, 15) is 0 Å². The van der Waals surface area contributed by atoms with Crippen molar-refractivity contribution in [1.82, 2.24) is 10.3 Å². The normalized spacial score (nSPS) is 15.3. The third-order valence-electron chi connectivity index (χ3n) is 3.42. The Kier molecular flexibility index (Phi) is 5.84. The molecular formula is C16H26N4O. The van der Waals surface area contributed by atoms with Crippen LogP contribution < -0.4 is 15.8 Å². The molecule has 0 amide bonds. The minimum absolute atomic E-state index is 0.493. The Balaban J connectivity index is 1.76. The number of aliphatic imine (C=N–C) groups is 1. The quantitative estimate of drug-likeness (QED) is 0.569. The van der Waals surface area contributed by atoms with E-state index < -0.39 is 0 Å². The first kappa shape index (κ1) is 15.6. The van der Waals surface area contributed by atoms with Crippen LogP contribution in [0.2, 0.25) is 0 Å². The van der Waals surface area contributed by atoms with Gasteiger partial charge >= 0.3 is 0 Å². The molecule has 1 saturated carbocycles. The maximum Gasteiger partial charge on any atom is 0.213 e. The van der Waals surface area contributed by atoms with Gasteiger partial charge in [-0.25, -0.2) is 9.98 Å². The van der Waals surface area contributed by atoms with Gasteiger partial charge in [0.25, 0.3) is 0 Å². The van der Waals surface area contributed by atoms with Crippen LogP contribution >= 0.6 is 0 Å². The van der Waals surface area contributed by atoms with E-state index in [1.807, 2.05) is 12.1 Å². The lowest BCUT2D eigenvalue weighted by Gasteiger charge is -2.08. The number of nitrogens with two attached hydrogens (primary N) is 1. The van der Waals surface area contributed by atoms with E-state index >= 15 is 0 Å². The average Bonchev–Trinajstić information content (AvgIpc) is 3.27. The lowest BCUT2D eigenvalue weighted by molar-refractivity contribution is 0.288. The molecule has 3 N–H and O–H groups in total. The highest BCUT2D eigenvalue weighted by Crippen LogP contribution is 2.29. The molecule has 0 spiro atoms. The van der Waals surface area contributed by atoms with E-state index in [1.54, 1.807) is 6.20 Å². The molecule has 0 aliphatic heterocycles. The Morgan fingerprint density at radius 3 is 3.05 bits per heavy atom. The number of ether oxygens (including phenoxy) is 1. The smallest absolute Gasteiger partial charge is 0.213 e. The first-order chi connectivity index (χ1) is 10.1. The minimum atomic E-state index is 0.493. The van der Waals surface area contributed by atoms with Crippen LogP contribution in [-0.4, -0.2) is 24.1 Å². The number of rotatable bonds is 8. The molecule has 1 fully saturated rings. The van der Waals surface area contributed by atoms with Crippen molar-refractivity contribution in [3.05, 3.63) is 23.9 Å². The highest BCUT2D eigenvalue weighted by Gasteiger charge is 2.22. The molecule has 0 unspecified atom stereocenters. The first-order valence-electron chi connectivity index (χ1n) is 7.75. The molecule has 1 heterocycles. The summed E-state index contributed by atoms with van der Waals surface area (Å²) in [5, 5.41) is 3.13. The van der Waals surface area contributed by atoms with Crippen LogP contribution in [0.1, 0.15) is 38.7 Å². The van der Waals surface area contributed by atoms with E-state index in [1.165, 1.54) is 12.8 Å². The van der Waals surface area contributed by atoms with Gasteiger partial charge in [-0.05, 0) is 42.7 Å². The fourth-order valence-corrected chi connectivity index (χ4v) is 1.84. The summed E-state index contributed by atoms with van der Waals surface area (Å²) in [7, 11) is 0. The molecule has 21 heavy (non-hydrogen) atoms. The Hall–Kier alpha value is -1.78. The van der Waals surface area contributed by atoms with Gasteiger partial charge in [-0.15, -0.1) is 0 Å². The van der Waals surface area contributed by atoms with Gasteiger partial charge in [0.15, 0.2) is 5.96 Å². The Morgan fingerprint density at radius 1 is 1.52 bits per heavy atom. The van der Waals surface area contributed by atoms with E-state index in [0.29, 0.717) is 24.3 Å². The van der Waals surface area contributed by atoms with Gasteiger partial charge in [-0.3, -0.25) is 0 Å². The fraction of sp³-hybridized carbons (Fsp3) is 0.625. The van der Waals surface area contributed by atoms with Gasteiger partial charge in [0.2, 0.25) is 5.88 Å². The number of nitrogens with zero attached hydrogens (tertiary/aromatic N) is 2. The molecule has 1 aliphatic carbocycles. The molecule has 1 aromatic heterocycles. The van der Waals surface area contributed by atoms with Crippen molar-refractivity contribution in [2.24, 2.45) is 22.6 Å². The second-order valence-electron chi connectivity index (χ2n) is 6.07. The van der Waals surface area contributed by atoms with Gasteiger partial charge in [0.1, 0.15) is 0 Å². The lowest BCUT2D eigenvalue weighted by atomic mass is 10.1. The maximum atomic E-state index is 5.84. The van der Waals surface area contributed by atoms with Crippen LogP contribution in [0.15, 0.2) is 23.3 Å². The van der Waals surface area contributed by atoms with E-state index in [-0.39, 0.29) is 0 Å². The molecule has 0 saturated heterocycles. The number of hydrogen-bond acceptors (Lipinski definition) is 3. The lowest BCUT2D eigenvalue weighted by Crippen LogP contribution is -2.32. The molecule has 1 aromatic rings. The summed E-state index contributed by atoms with van der Waals surface area (Å²) in [6.45, 7) is 6.56. The topological polar surface area (TPSA) is 72.5 Å². The number of aromatic nitrogens is 1. The summed E-state index contributed by atoms with van der Waals surface area (Å²) in [6.07, 6.45) is 5.41. The van der Waals surface area contributed by atoms with E-state index in [2.05, 4.69) is 29.1 Å². The van der Waals surface area contributed by atoms with Crippen LogP contribution in [0.5, 0.6) is 5.88 Å². The third-order valence-corrected chi connectivity index (χ3v) is 3.42. The maximum absolute atomic E-state index is 5.84. The zero-order valence-corrected chi connectivity index (χ0v) is 13.0. The third kappa shape index (κ3) is 6.47. The highest BCUT2D eigenvalue weighted by atomic mass is 16.5. The SMILES string of the molecule is CC(C)CCNC(N)=NCc1ccnc(OCC2CC2)c1. The fourth-order valence-electron chi connectivity index (χ4n) is 1.84. The standard InChI is InChI=1S/C16H26N4O/c1-12(2)5-7-19-16(17)20-10-14-6-8-18-15(9-14)21-11-13-3-4-13/h6,8-9,12-13H,3-5,7,10-11H2,1-2H3,(H3,17,19,20). The van der Waals surface area contributed by atoms with Crippen LogP contribution in [0, 0.1) is 11.8 Å². The Bertz CT molecular complexity index is 469. The molecule has 0 bridgehead atoms. The van der Waals surface area contributed by atoms with E-state index in [4.69, 9.17) is 10.5 Å². The monoisotopic (exact) mass is 290 g/mol. The average molecular weight is 290 g/mol.